The molecule has 0 aliphatic heterocycles. The van der Waals surface area contributed by atoms with Crippen LogP contribution in [0.25, 0.3) is 5.57 Å². The zero-order valence-corrected chi connectivity index (χ0v) is 16.6. The van der Waals surface area contributed by atoms with E-state index in [9.17, 15) is 9.59 Å². The van der Waals surface area contributed by atoms with E-state index >= 15 is 0 Å². The van der Waals surface area contributed by atoms with E-state index in [0.717, 1.165) is 32.3 Å². The number of benzene rings is 2. The number of hydrogen-bond acceptors (Lipinski definition) is 4. The molecule has 0 saturated heterocycles. The molecule has 0 heterocycles. The van der Waals surface area contributed by atoms with Crippen LogP contribution in [0.1, 0.15) is 30.5 Å². The molecule has 0 aromatic heterocycles. The maximum absolute atomic E-state index is 11.3. The molecule has 0 amide bonds. The number of esters is 2. The van der Waals surface area contributed by atoms with Gasteiger partial charge in [0.1, 0.15) is 13.2 Å². The molecule has 136 valence electrons. The van der Waals surface area contributed by atoms with Crippen molar-refractivity contribution in [2.24, 2.45) is 0 Å². The summed E-state index contributed by atoms with van der Waals surface area (Å²) >= 11 is 3.44. The minimum Gasteiger partial charge on any atom is -0.461 e. The monoisotopic (exact) mass is 416 g/mol. The molecule has 0 saturated carbocycles. The van der Waals surface area contributed by atoms with Crippen molar-refractivity contribution in [1.29, 1.82) is 0 Å². The molecule has 2 aromatic carbocycles. The molecule has 2 rings (SSSR count). The molecular weight excluding hydrogens is 396 g/mol. The number of aryl methyl sites for hydroxylation is 1. The highest BCUT2D eigenvalue weighted by Gasteiger charge is 2.15. The molecule has 0 N–H and O–H groups in total. The van der Waals surface area contributed by atoms with Crippen molar-refractivity contribution in [2.75, 3.05) is 13.2 Å². The molecule has 0 fully saturated rings. The fraction of sp³-hybridized carbons (Fsp3) is 0.238. The first-order valence-electron chi connectivity index (χ1n) is 8.18. The van der Waals surface area contributed by atoms with Gasteiger partial charge in [-0.25, -0.2) is 0 Å². The van der Waals surface area contributed by atoms with Crippen molar-refractivity contribution in [2.45, 2.75) is 20.8 Å². The molecule has 0 bridgehead atoms. The van der Waals surface area contributed by atoms with Gasteiger partial charge in [0.25, 0.3) is 0 Å². The largest absolute Gasteiger partial charge is 0.461 e. The highest BCUT2D eigenvalue weighted by atomic mass is 79.9. The minimum absolute atomic E-state index is 0.0574. The molecule has 0 aliphatic carbocycles. The van der Waals surface area contributed by atoms with Crippen LogP contribution in [0, 0.1) is 6.92 Å². The summed E-state index contributed by atoms with van der Waals surface area (Å²) in [4.78, 5) is 22.6. The first-order valence-corrected chi connectivity index (χ1v) is 8.98. The lowest BCUT2D eigenvalue weighted by atomic mass is 9.93. The van der Waals surface area contributed by atoms with E-state index in [-0.39, 0.29) is 25.2 Å². The van der Waals surface area contributed by atoms with Gasteiger partial charge in [0.05, 0.1) is 0 Å². The Kier molecular flexibility index (Phi) is 7.16. The van der Waals surface area contributed by atoms with E-state index in [0.29, 0.717) is 0 Å². The van der Waals surface area contributed by atoms with Crippen LogP contribution in [-0.4, -0.2) is 25.2 Å². The SMILES string of the molecule is CC(=O)OCC(COC(C)=O)=C(c1ccc(C)cc1)c1ccc(Br)cc1. The zero-order valence-electron chi connectivity index (χ0n) is 15.0. The van der Waals surface area contributed by atoms with Crippen LogP contribution in [-0.2, 0) is 19.1 Å². The molecule has 0 unspecified atom stereocenters. The summed E-state index contributed by atoms with van der Waals surface area (Å²) in [7, 11) is 0. The summed E-state index contributed by atoms with van der Waals surface area (Å²) in [5.41, 5.74) is 4.67. The fourth-order valence-corrected chi connectivity index (χ4v) is 2.74. The van der Waals surface area contributed by atoms with Crippen LogP contribution < -0.4 is 0 Å². The second kappa shape index (κ2) is 9.34. The van der Waals surface area contributed by atoms with Crippen molar-refractivity contribution in [3.63, 3.8) is 0 Å². The Balaban J connectivity index is 2.58. The minimum atomic E-state index is -0.385. The smallest absolute Gasteiger partial charge is 0.302 e. The summed E-state index contributed by atoms with van der Waals surface area (Å²) in [6, 6.07) is 15.9. The second-order valence-electron chi connectivity index (χ2n) is 5.91. The summed E-state index contributed by atoms with van der Waals surface area (Å²) in [6.45, 7) is 4.85. The molecule has 4 nitrogen and oxygen atoms in total. The Hall–Kier alpha value is -2.40. The number of ether oxygens (including phenoxy) is 2. The van der Waals surface area contributed by atoms with Crippen molar-refractivity contribution in [3.8, 4) is 0 Å². The van der Waals surface area contributed by atoms with Crippen LogP contribution in [0.4, 0.5) is 0 Å². The van der Waals surface area contributed by atoms with Crippen molar-refractivity contribution in [1.82, 2.24) is 0 Å². The first kappa shape index (κ1) is 19.9. The van der Waals surface area contributed by atoms with Gasteiger partial charge in [0, 0.05) is 23.9 Å². The standard InChI is InChI=1S/C21H21BrO4/c1-14-4-6-17(7-5-14)21(18-8-10-20(22)11-9-18)19(12-25-15(2)23)13-26-16(3)24/h4-11H,12-13H2,1-3H3. The van der Waals surface area contributed by atoms with Crippen molar-refractivity contribution in [3.05, 3.63) is 75.3 Å². The Morgan fingerprint density at radius 3 is 1.65 bits per heavy atom. The van der Waals surface area contributed by atoms with Gasteiger partial charge in [0.15, 0.2) is 0 Å². The number of carbonyl (C=O) groups excluding carboxylic acids is 2. The van der Waals surface area contributed by atoms with Gasteiger partial charge >= 0.3 is 11.9 Å². The van der Waals surface area contributed by atoms with Crippen LogP contribution in [0.3, 0.4) is 0 Å². The topological polar surface area (TPSA) is 52.6 Å². The van der Waals surface area contributed by atoms with Gasteiger partial charge in [-0.15, -0.1) is 0 Å². The summed E-state index contributed by atoms with van der Waals surface area (Å²) in [5, 5.41) is 0. The van der Waals surface area contributed by atoms with E-state index in [1.54, 1.807) is 0 Å². The predicted octanol–water partition coefficient (Wildman–Crippen LogP) is 4.69. The van der Waals surface area contributed by atoms with Crippen LogP contribution in [0.15, 0.2) is 58.6 Å². The lowest BCUT2D eigenvalue weighted by Crippen LogP contribution is -2.13. The summed E-state index contributed by atoms with van der Waals surface area (Å²) < 4.78 is 11.4. The molecule has 0 radical (unpaired) electrons. The molecule has 0 aliphatic rings. The van der Waals surface area contributed by atoms with Gasteiger partial charge in [-0.05, 0) is 35.8 Å². The Bertz CT molecular complexity index is 737. The molecule has 0 atom stereocenters. The number of carbonyl (C=O) groups is 2. The van der Waals surface area contributed by atoms with E-state index in [1.165, 1.54) is 13.8 Å². The number of halogens is 1. The van der Waals surface area contributed by atoms with E-state index in [2.05, 4.69) is 15.9 Å². The fourth-order valence-electron chi connectivity index (χ4n) is 2.48. The lowest BCUT2D eigenvalue weighted by Gasteiger charge is -2.17. The zero-order chi connectivity index (χ0) is 19.1. The third-order valence-corrected chi connectivity index (χ3v) is 4.25. The Labute approximate surface area is 162 Å². The quantitative estimate of drug-likeness (QED) is 0.641. The highest BCUT2D eigenvalue weighted by molar-refractivity contribution is 9.10. The average Bonchev–Trinajstić information content (AvgIpc) is 2.59. The molecule has 26 heavy (non-hydrogen) atoms. The third kappa shape index (κ3) is 5.85. The van der Waals surface area contributed by atoms with E-state index < -0.39 is 0 Å². The van der Waals surface area contributed by atoms with Crippen molar-refractivity contribution < 1.29 is 19.1 Å². The molecule has 2 aromatic rings. The van der Waals surface area contributed by atoms with Crippen LogP contribution in [0.2, 0.25) is 0 Å². The molecule has 0 spiro atoms. The first-order chi connectivity index (χ1) is 12.4. The van der Waals surface area contributed by atoms with Gasteiger partial charge < -0.3 is 9.47 Å². The van der Waals surface area contributed by atoms with Gasteiger partial charge in [0.2, 0.25) is 0 Å². The normalized spacial score (nSPS) is 10.2. The van der Waals surface area contributed by atoms with Gasteiger partial charge in [-0.3, -0.25) is 9.59 Å². The molecule has 5 heteroatoms. The predicted molar refractivity (Wildman–Crippen MR) is 105 cm³/mol. The van der Waals surface area contributed by atoms with Crippen LogP contribution >= 0.6 is 15.9 Å². The van der Waals surface area contributed by atoms with Crippen LogP contribution in [0.5, 0.6) is 0 Å². The maximum atomic E-state index is 11.3. The Morgan fingerprint density at radius 2 is 1.23 bits per heavy atom. The Morgan fingerprint density at radius 1 is 0.808 bits per heavy atom. The van der Waals surface area contributed by atoms with Gasteiger partial charge in [-0.2, -0.15) is 0 Å². The summed E-state index contributed by atoms with van der Waals surface area (Å²) in [6.07, 6.45) is 0. The average molecular weight is 417 g/mol. The van der Waals surface area contributed by atoms with Crippen molar-refractivity contribution >= 4 is 33.4 Å². The third-order valence-electron chi connectivity index (χ3n) is 3.73. The van der Waals surface area contributed by atoms with E-state index in [1.807, 2.05) is 55.5 Å². The highest BCUT2D eigenvalue weighted by Crippen LogP contribution is 2.29. The number of rotatable bonds is 6. The lowest BCUT2D eigenvalue weighted by molar-refractivity contribution is -0.141. The molecular formula is C21H21BrO4. The summed E-state index contributed by atoms with van der Waals surface area (Å²) in [5.74, 6) is -0.770. The van der Waals surface area contributed by atoms with Gasteiger partial charge in [-0.1, -0.05) is 57.9 Å². The van der Waals surface area contributed by atoms with E-state index in [4.69, 9.17) is 9.47 Å². The number of hydrogen-bond donors (Lipinski definition) is 0. The second-order valence-corrected chi connectivity index (χ2v) is 6.83. The maximum Gasteiger partial charge on any atom is 0.302 e.